The molecule has 0 radical (unpaired) electrons. The van der Waals surface area contributed by atoms with Gasteiger partial charge in [-0.2, -0.15) is 0 Å². The standard InChI is InChI=1S/C14H25NOSi/c1-10-12(17(5,6)14(2,3)4)9-11-7-8-13(16)15(10)11/h9-11H,7-8H2,1-6H3. The molecule has 3 heteroatoms. The second kappa shape index (κ2) is 3.71. The van der Waals surface area contributed by atoms with Gasteiger partial charge in [-0.15, -0.1) is 0 Å². The predicted molar refractivity (Wildman–Crippen MR) is 74.6 cm³/mol. The van der Waals surface area contributed by atoms with Gasteiger partial charge in [0.25, 0.3) is 0 Å². The van der Waals surface area contributed by atoms with Crippen molar-refractivity contribution in [1.82, 2.24) is 4.90 Å². The van der Waals surface area contributed by atoms with E-state index >= 15 is 0 Å². The van der Waals surface area contributed by atoms with Gasteiger partial charge in [0.1, 0.15) is 0 Å². The molecule has 2 unspecified atom stereocenters. The fraction of sp³-hybridized carbons (Fsp3) is 0.786. The van der Waals surface area contributed by atoms with Crippen LogP contribution in [0.4, 0.5) is 0 Å². The molecule has 0 aliphatic carbocycles. The molecule has 0 aromatic rings. The van der Waals surface area contributed by atoms with Crippen molar-refractivity contribution < 1.29 is 4.79 Å². The van der Waals surface area contributed by atoms with Gasteiger partial charge in [0.15, 0.2) is 0 Å². The molecule has 0 aromatic heterocycles. The van der Waals surface area contributed by atoms with Crippen LogP contribution in [0.3, 0.4) is 0 Å². The number of rotatable bonds is 1. The molecule has 0 aromatic carbocycles. The lowest BCUT2D eigenvalue weighted by molar-refractivity contribution is -0.129. The molecule has 1 fully saturated rings. The van der Waals surface area contributed by atoms with Crippen LogP contribution in [0.5, 0.6) is 0 Å². The van der Waals surface area contributed by atoms with E-state index in [9.17, 15) is 4.79 Å². The summed E-state index contributed by atoms with van der Waals surface area (Å²) in [6, 6.07) is 0.748. The van der Waals surface area contributed by atoms with Crippen molar-refractivity contribution in [2.75, 3.05) is 0 Å². The number of nitrogens with zero attached hydrogens (tertiary/aromatic N) is 1. The number of carbonyl (C=O) groups excluding carboxylic acids is 1. The SMILES string of the molecule is CC1C([Si](C)(C)C(C)(C)C)=CC2CCC(=O)N21. The molecule has 0 N–H and O–H groups in total. The quantitative estimate of drug-likeness (QED) is 0.654. The summed E-state index contributed by atoms with van der Waals surface area (Å²) in [7, 11) is -1.46. The normalized spacial score (nSPS) is 29.6. The lowest BCUT2D eigenvalue weighted by Gasteiger charge is -2.41. The van der Waals surface area contributed by atoms with E-state index in [1.54, 1.807) is 5.20 Å². The van der Waals surface area contributed by atoms with E-state index in [-0.39, 0.29) is 0 Å². The second-order valence-corrected chi connectivity index (χ2v) is 12.4. The molecule has 2 nitrogen and oxygen atoms in total. The molecular weight excluding hydrogens is 226 g/mol. The first-order valence-corrected chi connectivity index (χ1v) is 9.69. The number of amides is 1. The lowest BCUT2D eigenvalue weighted by Crippen LogP contribution is -2.46. The summed E-state index contributed by atoms with van der Waals surface area (Å²) in [6.45, 7) is 14.1. The average Bonchev–Trinajstić information content (AvgIpc) is 2.67. The monoisotopic (exact) mass is 251 g/mol. The van der Waals surface area contributed by atoms with Crippen LogP contribution in [0.15, 0.2) is 11.3 Å². The summed E-state index contributed by atoms with van der Waals surface area (Å²) in [6.07, 6.45) is 4.20. The second-order valence-electron chi connectivity index (χ2n) is 7.08. The first-order valence-electron chi connectivity index (χ1n) is 6.69. The van der Waals surface area contributed by atoms with Gasteiger partial charge in [0.2, 0.25) is 5.91 Å². The molecule has 0 bridgehead atoms. The van der Waals surface area contributed by atoms with E-state index in [2.05, 4.69) is 51.8 Å². The van der Waals surface area contributed by atoms with Crippen molar-refractivity contribution in [3.63, 3.8) is 0 Å². The highest BCUT2D eigenvalue weighted by molar-refractivity contribution is 6.87. The van der Waals surface area contributed by atoms with Gasteiger partial charge in [-0.1, -0.05) is 45.1 Å². The van der Waals surface area contributed by atoms with Crippen molar-refractivity contribution in [3.05, 3.63) is 11.3 Å². The zero-order valence-corrected chi connectivity index (χ0v) is 13.0. The van der Waals surface area contributed by atoms with Gasteiger partial charge in [-0.3, -0.25) is 4.79 Å². The van der Waals surface area contributed by atoms with Crippen LogP contribution < -0.4 is 0 Å². The van der Waals surface area contributed by atoms with E-state index < -0.39 is 8.07 Å². The van der Waals surface area contributed by atoms with Crippen LogP contribution in [0.1, 0.15) is 40.5 Å². The molecule has 2 atom stereocenters. The Morgan fingerprint density at radius 1 is 1.35 bits per heavy atom. The minimum Gasteiger partial charge on any atom is -0.330 e. The first-order chi connectivity index (χ1) is 7.66. The fourth-order valence-electron chi connectivity index (χ4n) is 3.05. The molecule has 1 saturated heterocycles. The molecule has 0 spiro atoms. The number of hydrogen-bond acceptors (Lipinski definition) is 1. The first kappa shape index (κ1) is 12.9. The smallest absolute Gasteiger partial charge is 0.223 e. The van der Waals surface area contributed by atoms with Gasteiger partial charge in [0, 0.05) is 12.5 Å². The Morgan fingerprint density at radius 2 is 1.94 bits per heavy atom. The third kappa shape index (κ3) is 1.79. The topological polar surface area (TPSA) is 20.3 Å². The van der Waals surface area contributed by atoms with Crippen LogP contribution in [-0.4, -0.2) is 31.0 Å². The van der Waals surface area contributed by atoms with E-state index in [1.165, 1.54) is 0 Å². The van der Waals surface area contributed by atoms with Gasteiger partial charge >= 0.3 is 0 Å². The summed E-state index contributed by atoms with van der Waals surface area (Å²) in [4.78, 5) is 14.0. The van der Waals surface area contributed by atoms with Crippen LogP contribution >= 0.6 is 0 Å². The van der Waals surface area contributed by atoms with Crippen molar-refractivity contribution >= 4 is 14.0 Å². The zero-order chi connectivity index (χ0) is 13.0. The molecule has 96 valence electrons. The Labute approximate surface area is 106 Å². The van der Waals surface area contributed by atoms with Crippen molar-refractivity contribution in [2.24, 2.45) is 0 Å². The zero-order valence-electron chi connectivity index (χ0n) is 12.0. The molecule has 2 heterocycles. The summed E-state index contributed by atoms with van der Waals surface area (Å²) >= 11 is 0. The highest BCUT2D eigenvalue weighted by Crippen LogP contribution is 2.46. The van der Waals surface area contributed by atoms with E-state index in [0.29, 0.717) is 23.0 Å². The molecule has 2 aliphatic heterocycles. The minimum atomic E-state index is -1.46. The van der Waals surface area contributed by atoms with E-state index in [0.717, 1.165) is 12.8 Å². The van der Waals surface area contributed by atoms with Crippen molar-refractivity contribution in [1.29, 1.82) is 0 Å². The van der Waals surface area contributed by atoms with Crippen LogP contribution in [0.25, 0.3) is 0 Å². The minimum absolute atomic E-state index is 0.343. The highest BCUT2D eigenvalue weighted by Gasteiger charge is 2.48. The van der Waals surface area contributed by atoms with Gasteiger partial charge in [-0.25, -0.2) is 0 Å². The molecule has 2 aliphatic rings. The Bertz CT molecular complexity index is 378. The van der Waals surface area contributed by atoms with E-state index in [1.807, 2.05) is 0 Å². The third-order valence-corrected chi connectivity index (χ3v) is 10.9. The van der Waals surface area contributed by atoms with Crippen molar-refractivity contribution in [3.8, 4) is 0 Å². The molecule has 0 saturated carbocycles. The average molecular weight is 251 g/mol. The maximum Gasteiger partial charge on any atom is 0.223 e. The molecular formula is C14H25NOSi. The van der Waals surface area contributed by atoms with E-state index in [4.69, 9.17) is 0 Å². The summed E-state index contributed by atoms with van der Waals surface area (Å²) in [5.41, 5.74) is 0. The Hall–Kier alpha value is -0.573. The van der Waals surface area contributed by atoms with Crippen LogP contribution in [-0.2, 0) is 4.79 Å². The van der Waals surface area contributed by atoms with Crippen LogP contribution in [0.2, 0.25) is 18.1 Å². The Kier molecular flexibility index (Phi) is 2.81. The highest BCUT2D eigenvalue weighted by atomic mass is 28.3. The third-order valence-electron chi connectivity index (χ3n) is 5.14. The number of hydrogen-bond donors (Lipinski definition) is 0. The lowest BCUT2D eigenvalue weighted by atomic mass is 10.2. The summed E-state index contributed by atoms with van der Waals surface area (Å²) in [5, 5.41) is 1.94. The summed E-state index contributed by atoms with van der Waals surface area (Å²) in [5.74, 6) is 0.354. The van der Waals surface area contributed by atoms with Crippen LogP contribution in [0, 0.1) is 0 Å². The Morgan fingerprint density at radius 3 is 2.41 bits per heavy atom. The number of carbonyl (C=O) groups is 1. The predicted octanol–water partition coefficient (Wildman–Crippen LogP) is 3.35. The largest absolute Gasteiger partial charge is 0.330 e. The maximum atomic E-state index is 11.9. The molecule has 1 amide bonds. The molecule has 2 rings (SSSR count). The van der Waals surface area contributed by atoms with Gasteiger partial charge in [0.05, 0.1) is 14.1 Å². The number of fused-ring (bicyclic) bond motifs is 1. The van der Waals surface area contributed by atoms with Gasteiger partial charge < -0.3 is 4.90 Å². The summed E-state index contributed by atoms with van der Waals surface area (Å²) < 4.78 is 0. The fourth-order valence-corrected chi connectivity index (χ4v) is 5.71. The van der Waals surface area contributed by atoms with Crippen molar-refractivity contribution in [2.45, 2.75) is 70.8 Å². The molecule has 17 heavy (non-hydrogen) atoms. The Balaban J connectivity index is 2.33. The maximum absolute atomic E-state index is 11.9. The van der Waals surface area contributed by atoms with Gasteiger partial charge in [-0.05, 0) is 18.4 Å².